The summed E-state index contributed by atoms with van der Waals surface area (Å²) in [6.45, 7) is 8.52. The van der Waals surface area contributed by atoms with Crippen LogP contribution in [0.25, 0.3) is 11.0 Å². The molecule has 1 aliphatic rings. The lowest BCUT2D eigenvalue weighted by Gasteiger charge is -2.18. The molecule has 1 atom stereocenters. The molecule has 1 aliphatic heterocycles. The number of amides is 1. The molecule has 4 aromatic rings. The monoisotopic (exact) mass is 469 g/mol. The third-order valence-electron chi connectivity index (χ3n) is 6.60. The van der Waals surface area contributed by atoms with Crippen LogP contribution in [0.3, 0.4) is 0 Å². The van der Waals surface area contributed by atoms with Crippen molar-refractivity contribution < 1.29 is 14.3 Å². The van der Waals surface area contributed by atoms with Crippen LogP contribution in [-0.2, 0) is 11.3 Å². The smallest absolute Gasteiger partial charge is 0.227 e. The SMILES string of the molecule is CCOc1ccc(N2CC(c3nc4ccccc4n3CCOc3c(C)cccc3C)CC2=O)cc1. The van der Waals surface area contributed by atoms with E-state index in [9.17, 15) is 4.79 Å². The van der Waals surface area contributed by atoms with Gasteiger partial charge in [0.25, 0.3) is 0 Å². The Morgan fingerprint density at radius 2 is 1.69 bits per heavy atom. The van der Waals surface area contributed by atoms with Gasteiger partial charge in [0.2, 0.25) is 5.91 Å². The number of carbonyl (C=O) groups excluding carboxylic acids is 1. The van der Waals surface area contributed by atoms with Gasteiger partial charge in [0.15, 0.2) is 0 Å². The molecule has 35 heavy (non-hydrogen) atoms. The molecule has 3 aromatic carbocycles. The van der Waals surface area contributed by atoms with Crippen LogP contribution in [0.2, 0.25) is 0 Å². The van der Waals surface area contributed by atoms with Gasteiger partial charge in [-0.3, -0.25) is 4.79 Å². The fraction of sp³-hybridized carbons (Fsp3) is 0.310. The number of fused-ring (bicyclic) bond motifs is 1. The van der Waals surface area contributed by atoms with Crippen LogP contribution in [0, 0.1) is 13.8 Å². The summed E-state index contributed by atoms with van der Waals surface area (Å²) in [6, 6.07) is 22.1. The molecule has 1 saturated heterocycles. The topological polar surface area (TPSA) is 56.6 Å². The van der Waals surface area contributed by atoms with E-state index in [1.54, 1.807) is 0 Å². The Labute approximate surface area is 206 Å². The van der Waals surface area contributed by atoms with Crippen molar-refractivity contribution in [2.75, 3.05) is 24.7 Å². The highest BCUT2D eigenvalue weighted by Crippen LogP contribution is 2.34. The summed E-state index contributed by atoms with van der Waals surface area (Å²) in [5, 5.41) is 0. The molecular weight excluding hydrogens is 438 g/mol. The molecule has 2 heterocycles. The number of hydrogen-bond acceptors (Lipinski definition) is 4. The average molecular weight is 470 g/mol. The van der Waals surface area contributed by atoms with Gasteiger partial charge in [-0.2, -0.15) is 0 Å². The number of rotatable bonds is 8. The van der Waals surface area contributed by atoms with E-state index in [0.29, 0.717) is 32.7 Å². The van der Waals surface area contributed by atoms with E-state index in [-0.39, 0.29) is 11.8 Å². The Morgan fingerprint density at radius 1 is 0.943 bits per heavy atom. The maximum atomic E-state index is 13.0. The van der Waals surface area contributed by atoms with Crippen molar-refractivity contribution in [2.45, 2.75) is 39.7 Å². The highest BCUT2D eigenvalue weighted by Gasteiger charge is 2.34. The molecule has 0 radical (unpaired) electrons. The zero-order valence-electron chi connectivity index (χ0n) is 20.5. The molecule has 0 N–H and O–H groups in total. The minimum atomic E-state index is 0.0154. The number of carbonyl (C=O) groups is 1. The normalized spacial score (nSPS) is 15.7. The Bertz CT molecular complexity index is 1320. The van der Waals surface area contributed by atoms with Crippen LogP contribution in [0.4, 0.5) is 5.69 Å². The number of anilines is 1. The lowest BCUT2D eigenvalue weighted by Crippen LogP contribution is -2.24. The summed E-state index contributed by atoms with van der Waals surface area (Å²) >= 11 is 0. The van der Waals surface area contributed by atoms with E-state index in [0.717, 1.165) is 45.2 Å². The molecule has 180 valence electrons. The van der Waals surface area contributed by atoms with Crippen molar-refractivity contribution in [3.8, 4) is 11.5 Å². The highest BCUT2D eigenvalue weighted by atomic mass is 16.5. The zero-order valence-corrected chi connectivity index (χ0v) is 20.5. The van der Waals surface area contributed by atoms with E-state index < -0.39 is 0 Å². The quantitative estimate of drug-likeness (QED) is 0.335. The predicted octanol–water partition coefficient (Wildman–Crippen LogP) is 5.65. The second-order valence-electron chi connectivity index (χ2n) is 9.01. The predicted molar refractivity (Wildman–Crippen MR) is 138 cm³/mol. The number of hydrogen-bond donors (Lipinski definition) is 0. The second kappa shape index (κ2) is 9.82. The van der Waals surface area contributed by atoms with Gasteiger partial charge in [-0.15, -0.1) is 0 Å². The van der Waals surface area contributed by atoms with Crippen molar-refractivity contribution >= 4 is 22.6 Å². The number of para-hydroxylation sites is 3. The molecule has 0 aliphatic carbocycles. The van der Waals surface area contributed by atoms with Crippen LogP contribution in [-0.4, -0.2) is 35.2 Å². The molecule has 1 unspecified atom stereocenters. The van der Waals surface area contributed by atoms with Gasteiger partial charge in [0.1, 0.15) is 23.9 Å². The molecule has 0 saturated carbocycles. The van der Waals surface area contributed by atoms with Crippen molar-refractivity contribution in [3.63, 3.8) is 0 Å². The lowest BCUT2D eigenvalue weighted by atomic mass is 10.1. The number of aryl methyl sites for hydroxylation is 2. The van der Waals surface area contributed by atoms with Crippen LogP contribution in [0.15, 0.2) is 66.7 Å². The summed E-state index contributed by atoms with van der Waals surface area (Å²) in [5.74, 6) is 2.82. The second-order valence-corrected chi connectivity index (χ2v) is 9.01. The number of imidazole rings is 1. The molecule has 1 fully saturated rings. The Balaban J connectivity index is 1.38. The van der Waals surface area contributed by atoms with E-state index in [2.05, 4.69) is 36.6 Å². The Morgan fingerprint density at radius 3 is 2.43 bits per heavy atom. The van der Waals surface area contributed by atoms with Crippen LogP contribution in [0.1, 0.15) is 36.2 Å². The fourth-order valence-corrected chi connectivity index (χ4v) is 4.93. The van der Waals surface area contributed by atoms with E-state index >= 15 is 0 Å². The Hall–Kier alpha value is -3.80. The molecule has 0 bridgehead atoms. The molecule has 5 rings (SSSR count). The minimum Gasteiger partial charge on any atom is -0.494 e. The number of ether oxygens (including phenoxy) is 2. The van der Waals surface area contributed by atoms with Gasteiger partial charge in [-0.25, -0.2) is 4.98 Å². The first kappa shape index (κ1) is 23.0. The summed E-state index contributed by atoms with van der Waals surface area (Å²) in [4.78, 5) is 19.8. The minimum absolute atomic E-state index is 0.0154. The molecular formula is C29H31N3O3. The molecule has 6 heteroatoms. The van der Waals surface area contributed by atoms with Crippen molar-refractivity contribution in [3.05, 3.63) is 83.7 Å². The first-order valence-corrected chi connectivity index (χ1v) is 12.2. The van der Waals surface area contributed by atoms with E-state index in [4.69, 9.17) is 14.5 Å². The van der Waals surface area contributed by atoms with Crippen molar-refractivity contribution in [1.29, 1.82) is 0 Å². The zero-order chi connectivity index (χ0) is 24.4. The summed E-state index contributed by atoms with van der Waals surface area (Å²) in [5.41, 5.74) is 5.17. The first-order chi connectivity index (χ1) is 17.0. The molecule has 1 aromatic heterocycles. The standard InChI is InChI=1S/C29H31N3O3/c1-4-34-24-14-12-23(13-15-24)32-19-22(18-27(32)33)29-30-25-10-5-6-11-26(25)31(29)16-17-35-28-20(2)8-7-9-21(28)3/h5-15,22H,4,16-19H2,1-3H3. The third kappa shape index (κ3) is 4.61. The third-order valence-corrected chi connectivity index (χ3v) is 6.60. The van der Waals surface area contributed by atoms with Gasteiger partial charge < -0.3 is 18.9 Å². The van der Waals surface area contributed by atoms with Gasteiger partial charge in [0.05, 0.1) is 24.2 Å². The molecule has 0 spiro atoms. The number of benzene rings is 3. The van der Waals surface area contributed by atoms with Gasteiger partial charge in [0, 0.05) is 24.6 Å². The average Bonchev–Trinajstić information content (AvgIpc) is 3.42. The number of aromatic nitrogens is 2. The van der Waals surface area contributed by atoms with Gasteiger partial charge in [-0.1, -0.05) is 30.3 Å². The van der Waals surface area contributed by atoms with E-state index in [1.807, 2.05) is 60.4 Å². The molecule has 6 nitrogen and oxygen atoms in total. The highest BCUT2D eigenvalue weighted by molar-refractivity contribution is 5.96. The Kier molecular flexibility index (Phi) is 6.45. The van der Waals surface area contributed by atoms with Crippen LogP contribution < -0.4 is 14.4 Å². The van der Waals surface area contributed by atoms with E-state index in [1.165, 1.54) is 0 Å². The summed E-state index contributed by atoms with van der Waals surface area (Å²) in [7, 11) is 0. The van der Waals surface area contributed by atoms with Gasteiger partial charge >= 0.3 is 0 Å². The maximum Gasteiger partial charge on any atom is 0.227 e. The largest absolute Gasteiger partial charge is 0.494 e. The van der Waals surface area contributed by atoms with Crippen molar-refractivity contribution in [1.82, 2.24) is 9.55 Å². The fourth-order valence-electron chi connectivity index (χ4n) is 4.93. The summed E-state index contributed by atoms with van der Waals surface area (Å²) < 4.78 is 14.0. The molecule has 1 amide bonds. The first-order valence-electron chi connectivity index (χ1n) is 12.2. The van der Waals surface area contributed by atoms with Crippen LogP contribution in [0.5, 0.6) is 11.5 Å². The van der Waals surface area contributed by atoms with Gasteiger partial charge in [-0.05, 0) is 68.3 Å². The van der Waals surface area contributed by atoms with Crippen LogP contribution >= 0.6 is 0 Å². The lowest BCUT2D eigenvalue weighted by molar-refractivity contribution is -0.117. The maximum absolute atomic E-state index is 13.0. The number of nitrogens with zero attached hydrogens (tertiary/aromatic N) is 3. The van der Waals surface area contributed by atoms with Crippen molar-refractivity contribution in [2.24, 2.45) is 0 Å². The summed E-state index contributed by atoms with van der Waals surface area (Å²) in [6.07, 6.45) is 0.439.